The molecule has 3 heteroatoms. The molecule has 0 aliphatic heterocycles. The van der Waals surface area contributed by atoms with E-state index >= 15 is 0 Å². The Balaban J connectivity index is 2.75. The van der Waals surface area contributed by atoms with E-state index in [0.717, 1.165) is 11.1 Å². The molecule has 0 saturated carbocycles. The van der Waals surface area contributed by atoms with Crippen molar-refractivity contribution in [2.24, 2.45) is 0 Å². The van der Waals surface area contributed by atoms with Crippen molar-refractivity contribution in [1.29, 1.82) is 0 Å². The number of rotatable bonds is 5. The number of carbonyl (C=O) groups excluding carboxylic acids is 1. The Hall–Kier alpha value is -1.77. The number of allylic oxidation sites excluding steroid dienone is 1. The molecule has 0 aliphatic carbocycles. The number of ether oxygens (including phenoxy) is 2. The van der Waals surface area contributed by atoms with Gasteiger partial charge >= 0.3 is 5.97 Å². The summed E-state index contributed by atoms with van der Waals surface area (Å²) < 4.78 is 10.5. The fourth-order valence-electron chi connectivity index (χ4n) is 1.47. The molecule has 104 valence electrons. The SMILES string of the molecule is CCOC(=O)C(C)(C)OC=C(C)c1ccc(C)cc1. The minimum Gasteiger partial charge on any atom is -0.483 e. The lowest BCUT2D eigenvalue weighted by Gasteiger charge is -2.22. The third-order valence-corrected chi connectivity index (χ3v) is 2.80. The van der Waals surface area contributed by atoms with E-state index in [1.54, 1.807) is 27.0 Å². The van der Waals surface area contributed by atoms with Crippen molar-refractivity contribution in [3.8, 4) is 0 Å². The molecule has 1 aromatic carbocycles. The van der Waals surface area contributed by atoms with Crippen molar-refractivity contribution in [2.75, 3.05) is 6.61 Å². The minimum atomic E-state index is -0.970. The van der Waals surface area contributed by atoms with Crippen LogP contribution in [0.25, 0.3) is 5.57 Å². The highest BCUT2D eigenvalue weighted by Gasteiger charge is 2.30. The molecule has 3 nitrogen and oxygen atoms in total. The Bertz CT molecular complexity index is 455. The lowest BCUT2D eigenvalue weighted by Crippen LogP contribution is -2.35. The van der Waals surface area contributed by atoms with Gasteiger partial charge in [0.2, 0.25) is 0 Å². The first kappa shape index (κ1) is 15.3. The predicted molar refractivity (Wildman–Crippen MR) is 76.6 cm³/mol. The highest BCUT2D eigenvalue weighted by atomic mass is 16.6. The van der Waals surface area contributed by atoms with Crippen LogP contribution in [0.15, 0.2) is 30.5 Å². The van der Waals surface area contributed by atoms with Gasteiger partial charge in [0, 0.05) is 0 Å². The van der Waals surface area contributed by atoms with Crippen molar-refractivity contribution in [3.05, 3.63) is 41.7 Å². The Morgan fingerprint density at radius 2 is 1.84 bits per heavy atom. The molecule has 0 spiro atoms. The van der Waals surface area contributed by atoms with Crippen LogP contribution in [0.4, 0.5) is 0 Å². The average molecular weight is 262 g/mol. The molecule has 0 aliphatic rings. The highest BCUT2D eigenvalue weighted by Crippen LogP contribution is 2.18. The number of aryl methyl sites for hydroxylation is 1. The summed E-state index contributed by atoms with van der Waals surface area (Å²) in [7, 11) is 0. The predicted octanol–water partition coefficient (Wildman–Crippen LogP) is 3.71. The molecular weight excluding hydrogens is 240 g/mol. The fourth-order valence-corrected chi connectivity index (χ4v) is 1.47. The molecule has 0 radical (unpaired) electrons. The van der Waals surface area contributed by atoms with Crippen LogP contribution in [0.1, 0.15) is 38.8 Å². The molecule has 0 bridgehead atoms. The van der Waals surface area contributed by atoms with Gasteiger partial charge in [0.1, 0.15) is 0 Å². The first-order valence-electron chi connectivity index (χ1n) is 6.45. The summed E-state index contributed by atoms with van der Waals surface area (Å²) in [4.78, 5) is 11.7. The van der Waals surface area contributed by atoms with Gasteiger partial charge in [0.05, 0.1) is 12.9 Å². The van der Waals surface area contributed by atoms with E-state index in [-0.39, 0.29) is 5.97 Å². The van der Waals surface area contributed by atoms with Gasteiger partial charge in [-0.05, 0) is 45.8 Å². The van der Waals surface area contributed by atoms with Crippen LogP contribution in [0.2, 0.25) is 0 Å². The van der Waals surface area contributed by atoms with Crippen LogP contribution < -0.4 is 0 Å². The van der Waals surface area contributed by atoms with Gasteiger partial charge in [-0.25, -0.2) is 4.79 Å². The highest BCUT2D eigenvalue weighted by molar-refractivity contribution is 5.78. The minimum absolute atomic E-state index is 0.353. The summed E-state index contributed by atoms with van der Waals surface area (Å²) in [6.45, 7) is 9.52. The van der Waals surface area contributed by atoms with Gasteiger partial charge in [-0.1, -0.05) is 29.8 Å². The van der Waals surface area contributed by atoms with E-state index in [0.29, 0.717) is 6.61 Å². The second-order valence-electron chi connectivity index (χ2n) is 5.02. The van der Waals surface area contributed by atoms with Crippen LogP contribution in [-0.2, 0) is 14.3 Å². The van der Waals surface area contributed by atoms with E-state index in [2.05, 4.69) is 0 Å². The molecule has 1 rings (SSSR count). The van der Waals surface area contributed by atoms with Crippen molar-refractivity contribution in [1.82, 2.24) is 0 Å². The maximum absolute atomic E-state index is 11.7. The summed E-state index contributed by atoms with van der Waals surface area (Å²) in [5.74, 6) is -0.358. The molecule has 0 heterocycles. The van der Waals surface area contributed by atoms with Crippen LogP contribution in [0.5, 0.6) is 0 Å². The fraction of sp³-hybridized carbons (Fsp3) is 0.438. The smallest absolute Gasteiger partial charge is 0.349 e. The van der Waals surface area contributed by atoms with Crippen molar-refractivity contribution < 1.29 is 14.3 Å². The van der Waals surface area contributed by atoms with Crippen LogP contribution in [-0.4, -0.2) is 18.2 Å². The van der Waals surface area contributed by atoms with Crippen molar-refractivity contribution in [2.45, 2.75) is 40.2 Å². The lowest BCUT2D eigenvalue weighted by atomic mass is 10.1. The molecule has 0 atom stereocenters. The molecule has 0 amide bonds. The standard InChI is InChI=1S/C16H22O3/c1-6-18-15(17)16(4,5)19-11-13(3)14-9-7-12(2)8-10-14/h7-11H,6H2,1-5H3. The maximum Gasteiger partial charge on any atom is 0.349 e. The van der Waals surface area contributed by atoms with Crippen LogP contribution in [0, 0.1) is 6.92 Å². The average Bonchev–Trinajstić information content (AvgIpc) is 2.37. The van der Waals surface area contributed by atoms with Gasteiger partial charge in [0.15, 0.2) is 5.60 Å². The van der Waals surface area contributed by atoms with Gasteiger partial charge in [-0.3, -0.25) is 0 Å². The molecule has 19 heavy (non-hydrogen) atoms. The molecule has 0 aromatic heterocycles. The van der Waals surface area contributed by atoms with Gasteiger partial charge in [-0.15, -0.1) is 0 Å². The summed E-state index contributed by atoms with van der Waals surface area (Å²) in [5.41, 5.74) is 2.29. The lowest BCUT2D eigenvalue weighted by molar-refractivity contribution is -0.161. The Morgan fingerprint density at radius 1 is 1.26 bits per heavy atom. The van der Waals surface area contributed by atoms with Gasteiger partial charge in [-0.2, -0.15) is 0 Å². The molecule has 0 fully saturated rings. The van der Waals surface area contributed by atoms with Crippen molar-refractivity contribution >= 4 is 11.5 Å². The third-order valence-electron chi connectivity index (χ3n) is 2.80. The Labute approximate surface area is 115 Å². The van der Waals surface area contributed by atoms with E-state index < -0.39 is 5.60 Å². The van der Waals surface area contributed by atoms with Gasteiger partial charge < -0.3 is 9.47 Å². The summed E-state index contributed by atoms with van der Waals surface area (Å²) >= 11 is 0. The molecule has 1 aromatic rings. The summed E-state index contributed by atoms with van der Waals surface area (Å²) in [6.07, 6.45) is 1.61. The van der Waals surface area contributed by atoms with E-state index in [9.17, 15) is 4.79 Å². The summed E-state index contributed by atoms with van der Waals surface area (Å²) in [6, 6.07) is 8.15. The Kier molecular flexibility index (Phi) is 5.16. The molecular formula is C16H22O3. The molecule has 0 saturated heterocycles. The zero-order valence-electron chi connectivity index (χ0n) is 12.3. The van der Waals surface area contributed by atoms with E-state index in [1.807, 2.05) is 38.1 Å². The third kappa shape index (κ3) is 4.43. The number of hydrogen-bond acceptors (Lipinski definition) is 3. The van der Waals surface area contributed by atoms with Crippen molar-refractivity contribution in [3.63, 3.8) is 0 Å². The van der Waals surface area contributed by atoms with Crippen LogP contribution >= 0.6 is 0 Å². The summed E-state index contributed by atoms with van der Waals surface area (Å²) in [5, 5.41) is 0. The monoisotopic (exact) mass is 262 g/mol. The number of esters is 1. The second kappa shape index (κ2) is 6.41. The second-order valence-corrected chi connectivity index (χ2v) is 5.02. The number of carbonyl (C=O) groups is 1. The number of hydrogen-bond donors (Lipinski definition) is 0. The number of benzene rings is 1. The normalized spacial score (nSPS) is 12.2. The van der Waals surface area contributed by atoms with E-state index in [4.69, 9.17) is 9.47 Å². The maximum atomic E-state index is 11.7. The largest absolute Gasteiger partial charge is 0.483 e. The van der Waals surface area contributed by atoms with Gasteiger partial charge in [0.25, 0.3) is 0 Å². The zero-order chi connectivity index (χ0) is 14.5. The first-order chi connectivity index (χ1) is 8.86. The Morgan fingerprint density at radius 3 is 2.37 bits per heavy atom. The van der Waals surface area contributed by atoms with E-state index in [1.165, 1.54) is 5.56 Å². The topological polar surface area (TPSA) is 35.5 Å². The quantitative estimate of drug-likeness (QED) is 0.599. The molecule has 0 unspecified atom stereocenters. The molecule has 0 N–H and O–H groups in total. The zero-order valence-corrected chi connectivity index (χ0v) is 12.3. The van der Waals surface area contributed by atoms with Crippen LogP contribution in [0.3, 0.4) is 0 Å². The first-order valence-corrected chi connectivity index (χ1v) is 6.45.